The van der Waals surface area contributed by atoms with Gasteiger partial charge in [-0.3, -0.25) is 0 Å². The van der Waals surface area contributed by atoms with Crippen LogP contribution in [0.3, 0.4) is 0 Å². The highest BCUT2D eigenvalue weighted by Gasteiger charge is 2.44. The first-order valence-electron chi connectivity index (χ1n) is 18.0. The number of anilines is 1. The van der Waals surface area contributed by atoms with Crippen LogP contribution in [-0.2, 0) is 39.3 Å². The van der Waals surface area contributed by atoms with Gasteiger partial charge >= 0.3 is 0 Å². The average Bonchev–Trinajstić information content (AvgIpc) is 3.48. The second-order valence-electron chi connectivity index (χ2n) is 13.3. The number of terminal acetylenes is 1. The first-order valence-corrected chi connectivity index (χ1v) is 18.0. The van der Waals surface area contributed by atoms with Crippen molar-refractivity contribution in [3.05, 3.63) is 95.7 Å². The average molecular weight is 702 g/mol. The van der Waals surface area contributed by atoms with Crippen LogP contribution in [0.25, 0.3) is 0 Å². The molecule has 2 heterocycles. The number of aliphatic hydroxyl groups is 1. The molecule has 2 aliphatic rings. The number of fused-ring (bicyclic) bond motifs is 2. The Hall–Kier alpha value is -3.59. The third kappa shape index (κ3) is 11.2. The first kappa shape index (κ1) is 40.2. The number of nitrogens with zero attached hydrogens (tertiary/aromatic N) is 2. The standard InChI is InChI=1S/C42H57N2O7/c1-6-23-46-27-31-50-33-34-51-32-29-48-25-21-44-38-17-13-11-15-36(38)42(4,5)40(44)19-9-7-8-18-39-41(2,3)35-14-10-12-16-37(35)43(39)20-24-47-28-30-49-26-22-45/h1,7-19,45H,20-34H2,2-5H3/q+1. The van der Waals surface area contributed by atoms with Crippen LogP contribution in [0.15, 0.2) is 84.6 Å². The Labute approximate surface area is 305 Å². The molecule has 2 aromatic carbocycles. The number of allylic oxidation sites excluding steroid dienone is 6. The molecule has 4 rings (SSSR count). The van der Waals surface area contributed by atoms with Crippen molar-refractivity contribution in [2.45, 2.75) is 38.5 Å². The van der Waals surface area contributed by atoms with Crippen LogP contribution in [0, 0.1) is 12.3 Å². The molecule has 0 bridgehead atoms. The molecule has 0 fully saturated rings. The molecule has 2 aromatic rings. The van der Waals surface area contributed by atoms with Crippen molar-refractivity contribution in [1.82, 2.24) is 0 Å². The van der Waals surface area contributed by atoms with E-state index in [9.17, 15) is 0 Å². The van der Waals surface area contributed by atoms with Gasteiger partial charge in [-0.2, -0.15) is 4.58 Å². The summed E-state index contributed by atoms with van der Waals surface area (Å²) in [6, 6.07) is 17.2. The van der Waals surface area contributed by atoms with E-state index in [-0.39, 0.29) is 17.4 Å². The zero-order chi connectivity index (χ0) is 36.4. The lowest BCUT2D eigenvalue weighted by molar-refractivity contribution is -0.442. The summed E-state index contributed by atoms with van der Waals surface area (Å²) >= 11 is 0. The summed E-state index contributed by atoms with van der Waals surface area (Å²) in [6.45, 7) is 16.5. The van der Waals surface area contributed by atoms with E-state index in [0.717, 1.165) is 13.1 Å². The molecule has 9 nitrogen and oxygen atoms in total. The molecule has 0 atom stereocenters. The van der Waals surface area contributed by atoms with Gasteiger partial charge < -0.3 is 38.4 Å². The summed E-state index contributed by atoms with van der Waals surface area (Å²) in [5, 5.41) is 8.90. The summed E-state index contributed by atoms with van der Waals surface area (Å²) in [6.07, 6.45) is 16.0. The Morgan fingerprint density at radius 3 is 1.96 bits per heavy atom. The molecule has 0 radical (unpaired) electrons. The Bertz CT molecular complexity index is 1540. The van der Waals surface area contributed by atoms with Gasteiger partial charge in [0.25, 0.3) is 0 Å². The fourth-order valence-corrected chi connectivity index (χ4v) is 6.61. The minimum Gasteiger partial charge on any atom is -0.394 e. The van der Waals surface area contributed by atoms with Gasteiger partial charge in [0.1, 0.15) is 13.2 Å². The molecule has 1 N–H and O–H groups in total. The number of benzene rings is 2. The van der Waals surface area contributed by atoms with Gasteiger partial charge in [-0.1, -0.05) is 74.4 Å². The third-order valence-electron chi connectivity index (χ3n) is 9.16. The Morgan fingerprint density at radius 2 is 1.27 bits per heavy atom. The minimum absolute atomic E-state index is 0.0236. The molecule has 0 saturated carbocycles. The zero-order valence-corrected chi connectivity index (χ0v) is 31.0. The van der Waals surface area contributed by atoms with E-state index < -0.39 is 0 Å². The molecule has 0 amide bonds. The first-order chi connectivity index (χ1) is 24.8. The second-order valence-corrected chi connectivity index (χ2v) is 13.3. The lowest BCUT2D eigenvalue weighted by atomic mass is 9.81. The lowest BCUT2D eigenvalue weighted by Crippen LogP contribution is -2.29. The lowest BCUT2D eigenvalue weighted by Gasteiger charge is -2.27. The molecule has 0 unspecified atom stereocenters. The molecule has 51 heavy (non-hydrogen) atoms. The van der Waals surface area contributed by atoms with Crippen LogP contribution >= 0.6 is 0 Å². The second kappa shape index (κ2) is 21.1. The number of hydrogen-bond acceptors (Lipinski definition) is 8. The molecule has 0 aliphatic carbocycles. The normalized spacial score (nSPS) is 16.9. The van der Waals surface area contributed by atoms with E-state index in [0.29, 0.717) is 79.3 Å². The van der Waals surface area contributed by atoms with Crippen LogP contribution in [0.4, 0.5) is 11.4 Å². The number of aliphatic hydroxyl groups excluding tert-OH is 1. The molecule has 0 spiro atoms. The van der Waals surface area contributed by atoms with E-state index in [1.807, 2.05) is 0 Å². The molecular formula is C42H57N2O7+. The highest BCUT2D eigenvalue weighted by atomic mass is 16.6. The van der Waals surface area contributed by atoms with Crippen molar-refractivity contribution >= 4 is 17.1 Å². The molecular weight excluding hydrogens is 644 g/mol. The zero-order valence-electron chi connectivity index (χ0n) is 31.0. The predicted molar refractivity (Wildman–Crippen MR) is 203 cm³/mol. The van der Waals surface area contributed by atoms with Crippen LogP contribution in [0.5, 0.6) is 0 Å². The maximum atomic E-state index is 8.90. The van der Waals surface area contributed by atoms with Crippen molar-refractivity contribution in [3.8, 4) is 12.3 Å². The van der Waals surface area contributed by atoms with E-state index in [1.54, 1.807) is 0 Å². The fraction of sp³-hybridized carbons (Fsp3) is 0.500. The summed E-state index contributed by atoms with van der Waals surface area (Å²) in [4.78, 5) is 2.38. The van der Waals surface area contributed by atoms with Crippen molar-refractivity contribution in [2.24, 2.45) is 0 Å². The van der Waals surface area contributed by atoms with Gasteiger partial charge in [-0.25, -0.2) is 0 Å². The molecule has 2 aliphatic heterocycles. The topological polar surface area (TPSA) is 81.9 Å². The summed E-state index contributed by atoms with van der Waals surface area (Å²) in [5.41, 5.74) is 7.23. The molecule has 276 valence electrons. The maximum absolute atomic E-state index is 8.90. The van der Waals surface area contributed by atoms with Crippen molar-refractivity contribution < 1.29 is 38.1 Å². The molecule has 0 aromatic heterocycles. The molecule has 0 saturated heterocycles. The maximum Gasteiger partial charge on any atom is 0.209 e. The van der Waals surface area contributed by atoms with Crippen LogP contribution in [0.1, 0.15) is 38.8 Å². The molecule has 9 heteroatoms. The highest BCUT2D eigenvalue weighted by molar-refractivity contribution is 6.03. The fourth-order valence-electron chi connectivity index (χ4n) is 6.61. The number of rotatable bonds is 24. The SMILES string of the molecule is C#CCOCCOCCOCCOCCN1/C(=C/C=C/C=C/C2=[N+](CCOCCOCCO)c3ccccc3C2(C)C)C(C)(C)c2ccccc21. The third-order valence-corrected chi connectivity index (χ3v) is 9.16. The van der Waals surface area contributed by atoms with E-state index in [4.69, 9.17) is 40.0 Å². The number of para-hydroxylation sites is 2. The quantitative estimate of drug-likeness (QED) is 0.0658. The van der Waals surface area contributed by atoms with Gasteiger partial charge in [-0.15, -0.1) is 6.42 Å². The van der Waals surface area contributed by atoms with E-state index >= 15 is 0 Å². The van der Waals surface area contributed by atoms with Crippen LogP contribution < -0.4 is 4.90 Å². The van der Waals surface area contributed by atoms with E-state index in [2.05, 4.69) is 122 Å². The summed E-state index contributed by atoms with van der Waals surface area (Å²) < 4.78 is 35.8. The number of ether oxygens (including phenoxy) is 6. The van der Waals surface area contributed by atoms with Gasteiger partial charge in [0.2, 0.25) is 5.69 Å². The van der Waals surface area contributed by atoms with Gasteiger partial charge in [0, 0.05) is 41.1 Å². The van der Waals surface area contributed by atoms with Crippen molar-refractivity contribution in [2.75, 3.05) is 104 Å². The van der Waals surface area contributed by atoms with E-state index in [1.165, 1.54) is 33.9 Å². The van der Waals surface area contributed by atoms with Crippen LogP contribution in [0.2, 0.25) is 0 Å². The number of hydrogen-bond donors (Lipinski definition) is 1. The van der Waals surface area contributed by atoms with Crippen LogP contribution in [-0.4, -0.2) is 114 Å². The van der Waals surface area contributed by atoms with Gasteiger partial charge in [-0.05, 0) is 31.6 Å². The minimum atomic E-state index is -0.149. The Kier molecular flexibility index (Phi) is 16.6. The largest absolute Gasteiger partial charge is 0.394 e. The monoisotopic (exact) mass is 701 g/mol. The highest BCUT2D eigenvalue weighted by Crippen LogP contribution is 2.47. The Balaban J connectivity index is 1.35. The smallest absolute Gasteiger partial charge is 0.209 e. The summed E-state index contributed by atoms with van der Waals surface area (Å²) in [5.74, 6) is 2.43. The predicted octanol–water partition coefficient (Wildman–Crippen LogP) is 5.58. The van der Waals surface area contributed by atoms with Crippen molar-refractivity contribution in [1.29, 1.82) is 0 Å². The Morgan fingerprint density at radius 1 is 0.686 bits per heavy atom. The van der Waals surface area contributed by atoms with Crippen molar-refractivity contribution in [3.63, 3.8) is 0 Å². The van der Waals surface area contributed by atoms with Gasteiger partial charge in [0.05, 0.1) is 78.1 Å². The summed E-state index contributed by atoms with van der Waals surface area (Å²) in [7, 11) is 0. The van der Waals surface area contributed by atoms with Gasteiger partial charge in [0.15, 0.2) is 12.3 Å².